The first-order chi connectivity index (χ1) is 10.00. The summed E-state index contributed by atoms with van der Waals surface area (Å²) in [5, 5.41) is 4.31. The summed E-state index contributed by atoms with van der Waals surface area (Å²) in [5.74, 6) is 0.538. The lowest BCUT2D eigenvalue weighted by molar-refractivity contribution is 0.163. The van der Waals surface area contributed by atoms with Gasteiger partial charge in [0, 0.05) is 18.3 Å². The molecule has 0 radical (unpaired) electrons. The Balaban J connectivity index is 2.21. The van der Waals surface area contributed by atoms with Gasteiger partial charge in [-0.15, -0.1) is 0 Å². The molecule has 22 heavy (non-hydrogen) atoms. The van der Waals surface area contributed by atoms with Gasteiger partial charge in [0.15, 0.2) is 0 Å². The molecule has 2 atom stereocenters. The van der Waals surface area contributed by atoms with Gasteiger partial charge >= 0.3 is 0 Å². The molecule has 1 fully saturated rings. The van der Waals surface area contributed by atoms with Crippen molar-refractivity contribution in [2.75, 3.05) is 0 Å². The number of hydrogen-bond donors (Lipinski definition) is 1. The first-order valence-corrected chi connectivity index (χ1v) is 9.56. The maximum Gasteiger partial charge on any atom is 0.244 e. The first kappa shape index (κ1) is 17.5. The van der Waals surface area contributed by atoms with Gasteiger partial charge in [-0.05, 0) is 51.4 Å². The topological polar surface area (TPSA) is 64.0 Å². The van der Waals surface area contributed by atoms with Crippen molar-refractivity contribution in [3.05, 3.63) is 11.9 Å². The van der Waals surface area contributed by atoms with Gasteiger partial charge in [0.2, 0.25) is 10.0 Å². The van der Waals surface area contributed by atoms with Crippen LogP contribution < -0.4 is 4.72 Å². The fourth-order valence-electron chi connectivity index (χ4n) is 3.71. The summed E-state index contributed by atoms with van der Waals surface area (Å²) in [6.45, 7) is 12.4. The van der Waals surface area contributed by atoms with Crippen LogP contribution in [0.5, 0.6) is 0 Å². The van der Waals surface area contributed by atoms with Gasteiger partial charge in [-0.3, -0.25) is 4.68 Å². The number of nitrogens with zero attached hydrogens (tertiary/aromatic N) is 2. The summed E-state index contributed by atoms with van der Waals surface area (Å²) in [5.41, 5.74) is 0.742. The van der Waals surface area contributed by atoms with E-state index < -0.39 is 10.0 Å². The van der Waals surface area contributed by atoms with E-state index in [1.165, 1.54) is 0 Å². The van der Waals surface area contributed by atoms with Crippen LogP contribution in [0.1, 0.15) is 65.6 Å². The quantitative estimate of drug-likeness (QED) is 0.923. The van der Waals surface area contributed by atoms with Crippen molar-refractivity contribution >= 4 is 10.0 Å². The maximum absolute atomic E-state index is 12.7. The Hall–Kier alpha value is -0.880. The SMILES string of the molecule is Cc1nn(C(C)C)cc1S(=O)(=O)NC1CC(C)CC(C)(C)C1. The highest BCUT2D eigenvalue weighted by atomic mass is 32.2. The molecule has 1 N–H and O–H groups in total. The van der Waals surface area contributed by atoms with Crippen LogP contribution in [0.4, 0.5) is 0 Å². The summed E-state index contributed by atoms with van der Waals surface area (Å²) in [6, 6.07) is 0.154. The fourth-order valence-corrected chi connectivity index (χ4v) is 5.13. The molecule has 126 valence electrons. The maximum atomic E-state index is 12.7. The zero-order chi connectivity index (χ0) is 16.7. The van der Waals surface area contributed by atoms with E-state index in [0.717, 1.165) is 19.3 Å². The standard InChI is InChI=1S/C16H29N3O2S/c1-11(2)19-10-15(13(4)17-19)22(20,21)18-14-7-12(3)8-16(5,6)9-14/h10-12,14,18H,7-9H2,1-6H3. The van der Waals surface area contributed by atoms with Crippen molar-refractivity contribution < 1.29 is 8.42 Å². The van der Waals surface area contributed by atoms with Crippen molar-refractivity contribution in [3.63, 3.8) is 0 Å². The molecule has 1 aliphatic rings. The van der Waals surface area contributed by atoms with Crippen LogP contribution in [-0.4, -0.2) is 24.2 Å². The van der Waals surface area contributed by atoms with E-state index in [2.05, 4.69) is 30.6 Å². The largest absolute Gasteiger partial charge is 0.269 e. The molecule has 0 saturated heterocycles. The van der Waals surface area contributed by atoms with E-state index in [4.69, 9.17) is 0 Å². The molecular formula is C16H29N3O2S. The minimum atomic E-state index is -3.51. The minimum absolute atomic E-state index is 0.00514. The van der Waals surface area contributed by atoms with E-state index in [9.17, 15) is 8.42 Å². The third-order valence-corrected chi connectivity index (χ3v) is 6.02. The van der Waals surface area contributed by atoms with Gasteiger partial charge in [0.25, 0.3) is 0 Å². The lowest BCUT2D eigenvalue weighted by atomic mass is 9.71. The third kappa shape index (κ3) is 3.90. The summed E-state index contributed by atoms with van der Waals surface area (Å²) >= 11 is 0. The highest BCUT2D eigenvalue weighted by molar-refractivity contribution is 7.89. The molecule has 2 unspecified atom stereocenters. The average molecular weight is 327 g/mol. The highest BCUT2D eigenvalue weighted by Crippen LogP contribution is 2.39. The second-order valence-electron chi connectivity index (χ2n) is 7.88. The summed E-state index contributed by atoms with van der Waals surface area (Å²) in [4.78, 5) is 0.303. The van der Waals surface area contributed by atoms with E-state index in [1.54, 1.807) is 17.8 Å². The Morgan fingerprint density at radius 1 is 1.36 bits per heavy atom. The molecule has 0 amide bonds. The van der Waals surface area contributed by atoms with E-state index in [0.29, 0.717) is 16.5 Å². The Morgan fingerprint density at radius 2 is 2.00 bits per heavy atom. The van der Waals surface area contributed by atoms with Crippen LogP contribution in [0.25, 0.3) is 0 Å². The minimum Gasteiger partial charge on any atom is -0.269 e. The molecule has 2 rings (SSSR count). The Kier molecular flexibility index (Phi) is 4.74. The fraction of sp³-hybridized carbons (Fsp3) is 0.812. The molecule has 5 nitrogen and oxygen atoms in total. The van der Waals surface area contributed by atoms with Crippen molar-refractivity contribution in [1.29, 1.82) is 0 Å². The molecule has 1 aromatic rings. The Bertz CT molecular complexity index is 632. The normalized spacial score (nSPS) is 25.6. The lowest BCUT2D eigenvalue weighted by Crippen LogP contribution is -2.42. The molecule has 1 aromatic heterocycles. The van der Waals surface area contributed by atoms with Gasteiger partial charge in [-0.1, -0.05) is 20.8 Å². The van der Waals surface area contributed by atoms with Crippen LogP contribution in [0.3, 0.4) is 0 Å². The Labute approximate surface area is 134 Å². The van der Waals surface area contributed by atoms with Crippen LogP contribution in [0, 0.1) is 18.3 Å². The predicted octanol–water partition coefficient (Wildman–Crippen LogP) is 3.27. The molecule has 1 aliphatic carbocycles. The van der Waals surface area contributed by atoms with Crippen LogP contribution >= 0.6 is 0 Å². The third-order valence-electron chi connectivity index (χ3n) is 4.40. The lowest BCUT2D eigenvalue weighted by Gasteiger charge is -2.39. The molecule has 0 bridgehead atoms. The smallest absolute Gasteiger partial charge is 0.244 e. The van der Waals surface area contributed by atoms with Gasteiger partial charge in [0.05, 0.1) is 5.69 Å². The average Bonchev–Trinajstić information content (AvgIpc) is 2.68. The molecule has 0 spiro atoms. The number of rotatable bonds is 4. The second-order valence-corrected chi connectivity index (χ2v) is 9.57. The van der Waals surface area contributed by atoms with Crippen LogP contribution in [0.15, 0.2) is 11.1 Å². The zero-order valence-corrected chi connectivity index (χ0v) is 15.4. The van der Waals surface area contributed by atoms with Gasteiger partial charge in [-0.25, -0.2) is 13.1 Å². The van der Waals surface area contributed by atoms with Crippen molar-refractivity contribution in [2.45, 2.75) is 77.8 Å². The van der Waals surface area contributed by atoms with E-state index in [1.807, 2.05) is 13.8 Å². The summed E-state index contributed by atoms with van der Waals surface area (Å²) in [6.07, 6.45) is 4.57. The second kappa shape index (κ2) is 5.96. The van der Waals surface area contributed by atoms with E-state index >= 15 is 0 Å². The molecule has 0 aromatic carbocycles. The highest BCUT2D eigenvalue weighted by Gasteiger charge is 2.35. The van der Waals surface area contributed by atoms with E-state index in [-0.39, 0.29) is 17.5 Å². The zero-order valence-electron chi connectivity index (χ0n) is 14.5. The monoisotopic (exact) mass is 327 g/mol. The summed E-state index contributed by atoms with van der Waals surface area (Å²) in [7, 11) is -3.51. The predicted molar refractivity (Wildman–Crippen MR) is 88.3 cm³/mol. The number of nitrogens with one attached hydrogen (secondary N) is 1. The molecular weight excluding hydrogens is 298 g/mol. The van der Waals surface area contributed by atoms with Crippen LogP contribution in [0.2, 0.25) is 0 Å². The summed E-state index contributed by atoms with van der Waals surface area (Å²) < 4.78 is 30.0. The van der Waals surface area contributed by atoms with Crippen molar-refractivity contribution in [1.82, 2.24) is 14.5 Å². The Morgan fingerprint density at radius 3 is 2.50 bits per heavy atom. The molecule has 1 heterocycles. The number of hydrogen-bond acceptors (Lipinski definition) is 3. The first-order valence-electron chi connectivity index (χ1n) is 8.08. The van der Waals surface area contributed by atoms with Gasteiger partial charge in [0.1, 0.15) is 4.90 Å². The van der Waals surface area contributed by atoms with Gasteiger partial charge < -0.3 is 0 Å². The van der Waals surface area contributed by atoms with Crippen molar-refractivity contribution in [2.24, 2.45) is 11.3 Å². The number of sulfonamides is 1. The molecule has 1 saturated carbocycles. The number of aryl methyl sites for hydroxylation is 1. The van der Waals surface area contributed by atoms with Crippen LogP contribution in [-0.2, 0) is 10.0 Å². The van der Waals surface area contributed by atoms with Crippen molar-refractivity contribution in [3.8, 4) is 0 Å². The molecule has 0 aliphatic heterocycles. The molecule has 6 heteroatoms. The number of aromatic nitrogens is 2. The van der Waals surface area contributed by atoms with Gasteiger partial charge in [-0.2, -0.15) is 5.10 Å².